The minimum atomic E-state index is -1.50. The summed E-state index contributed by atoms with van der Waals surface area (Å²) in [6.45, 7) is 0. The van der Waals surface area contributed by atoms with Gasteiger partial charge in [0.1, 0.15) is 0 Å². The van der Waals surface area contributed by atoms with Crippen LogP contribution in [0.1, 0.15) is 31.8 Å². The molecule has 0 aliphatic carbocycles. The van der Waals surface area contributed by atoms with E-state index in [0.29, 0.717) is 27.7 Å². The number of hydrogen-bond acceptors (Lipinski definition) is 6. The van der Waals surface area contributed by atoms with Crippen LogP contribution in [0.2, 0.25) is 0 Å². The standard InChI is InChI=1S/C24H17NO.C13H11BO3.C11H8BrN/c26-24(21-6-2-1-3-7-21)22-15-11-19(12-16-22)18-9-13-20(14-10-18)23-8-4-5-17-25-23;15-13(10-4-2-1-3-5-10)11-6-8-12(9-7-11)14(16)17;12-10-6-4-9(5-7-10)11-3-1-2-8-13-11/h1-17H;1-9,16-17H;1-8H. The van der Waals surface area contributed by atoms with Gasteiger partial charge in [-0.2, -0.15) is 0 Å². The lowest BCUT2D eigenvalue weighted by molar-refractivity contribution is 0.103. The van der Waals surface area contributed by atoms with Crippen LogP contribution in [0.25, 0.3) is 33.6 Å². The molecule has 2 N–H and O–H groups in total. The fourth-order valence-electron chi connectivity index (χ4n) is 5.65. The number of rotatable bonds is 8. The highest BCUT2D eigenvalue weighted by Gasteiger charge is 2.13. The monoisotopic (exact) mass is 794 g/mol. The van der Waals surface area contributed by atoms with Crippen molar-refractivity contribution in [3.05, 3.63) is 233 Å². The highest BCUT2D eigenvalue weighted by atomic mass is 79.9. The first kappa shape index (κ1) is 39.1. The average molecular weight is 796 g/mol. The molecule has 2 aromatic heterocycles. The van der Waals surface area contributed by atoms with Crippen LogP contribution in [0, 0.1) is 0 Å². The molecular formula is C48H36BBrN2O4. The van der Waals surface area contributed by atoms with Crippen molar-refractivity contribution in [3.63, 3.8) is 0 Å². The molecule has 0 saturated carbocycles. The number of carbonyl (C=O) groups is 2. The first-order valence-electron chi connectivity index (χ1n) is 17.8. The van der Waals surface area contributed by atoms with Crippen molar-refractivity contribution >= 4 is 40.1 Å². The second-order valence-electron chi connectivity index (χ2n) is 12.5. The van der Waals surface area contributed by atoms with Gasteiger partial charge in [0, 0.05) is 50.2 Å². The summed E-state index contributed by atoms with van der Waals surface area (Å²) in [7, 11) is -1.50. The van der Waals surface area contributed by atoms with Gasteiger partial charge in [0.15, 0.2) is 11.6 Å². The maximum absolute atomic E-state index is 12.5. The van der Waals surface area contributed by atoms with Gasteiger partial charge >= 0.3 is 7.12 Å². The van der Waals surface area contributed by atoms with Gasteiger partial charge in [-0.05, 0) is 53.0 Å². The van der Waals surface area contributed by atoms with Crippen LogP contribution in [0.4, 0.5) is 0 Å². The third-order valence-corrected chi connectivity index (χ3v) is 9.20. The smallest absolute Gasteiger partial charge is 0.423 e. The molecule has 56 heavy (non-hydrogen) atoms. The maximum Gasteiger partial charge on any atom is 0.488 e. The molecule has 0 amide bonds. The van der Waals surface area contributed by atoms with E-state index in [-0.39, 0.29) is 11.6 Å². The van der Waals surface area contributed by atoms with Crippen LogP contribution in [0.3, 0.4) is 0 Å². The zero-order valence-corrected chi connectivity index (χ0v) is 31.8. The summed E-state index contributed by atoms with van der Waals surface area (Å²) in [6.07, 6.45) is 3.60. The second kappa shape index (κ2) is 19.7. The van der Waals surface area contributed by atoms with E-state index in [4.69, 9.17) is 10.0 Å². The number of halogens is 1. The summed E-state index contributed by atoms with van der Waals surface area (Å²) in [6, 6.07) is 60.5. The molecule has 2 heterocycles. The summed E-state index contributed by atoms with van der Waals surface area (Å²) >= 11 is 3.40. The van der Waals surface area contributed by atoms with Gasteiger partial charge in [0.05, 0.1) is 11.4 Å². The predicted octanol–water partition coefficient (Wildman–Crippen LogP) is 9.76. The number of carbonyl (C=O) groups excluding carboxylic acids is 2. The Kier molecular flexibility index (Phi) is 13.7. The van der Waals surface area contributed by atoms with E-state index in [1.54, 1.807) is 48.8 Å². The van der Waals surface area contributed by atoms with Crippen LogP contribution in [0.15, 0.2) is 211 Å². The van der Waals surface area contributed by atoms with E-state index in [2.05, 4.69) is 50.2 Å². The van der Waals surface area contributed by atoms with E-state index in [1.807, 2.05) is 121 Å². The molecule has 0 aliphatic rings. The Labute approximate surface area is 335 Å². The van der Waals surface area contributed by atoms with E-state index in [0.717, 1.165) is 38.1 Å². The third kappa shape index (κ3) is 10.8. The number of hydrogen-bond donors (Lipinski definition) is 2. The number of nitrogens with zero attached hydrogens (tertiary/aromatic N) is 2. The summed E-state index contributed by atoms with van der Waals surface area (Å²) < 4.78 is 1.09. The Hall–Kier alpha value is -6.58. The number of benzene rings is 6. The zero-order valence-electron chi connectivity index (χ0n) is 30.2. The highest BCUT2D eigenvalue weighted by molar-refractivity contribution is 9.10. The lowest BCUT2D eigenvalue weighted by Crippen LogP contribution is -2.29. The van der Waals surface area contributed by atoms with Crippen molar-refractivity contribution in [1.82, 2.24) is 9.97 Å². The summed E-state index contributed by atoms with van der Waals surface area (Å²) in [4.78, 5) is 33.1. The van der Waals surface area contributed by atoms with Crippen LogP contribution in [0.5, 0.6) is 0 Å². The topological polar surface area (TPSA) is 100 Å². The molecule has 0 saturated heterocycles. The Morgan fingerprint density at radius 3 is 1.12 bits per heavy atom. The molecule has 272 valence electrons. The molecule has 6 nitrogen and oxygen atoms in total. The van der Waals surface area contributed by atoms with Gasteiger partial charge in [-0.15, -0.1) is 0 Å². The molecule has 0 unspecified atom stereocenters. The Morgan fingerprint density at radius 2 is 0.732 bits per heavy atom. The van der Waals surface area contributed by atoms with Crippen molar-refractivity contribution in [2.24, 2.45) is 0 Å². The molecule has 0 bridgehead atoms. The molecule has 0 radical (unpaired) electrons. The largest absolute Gasteiger partial charge is 0.488 e. The second-order valence-corrected chi connectivity index (χ2v) is 13.4. The van der Waals surface area contributed by atoms with Crippen molar-refractivity contribution in [3.8, 4) is 33.6 Å². The van der Waals surface area contributed by atoms with Crippen LogP contribution in [-0.4, -0.2) is 38.7 Å². The summed E-state index contributed by atoms with van der Waals surface area (Å²) in [5.74, 6) is -0.0350. The summed E-state index contributed by atoms with van der Waals surface area (Å²) in [5, 5.41) is 17.9. The minimum Gasteiger partial charge on any atom is -0.423 e. The normalized spacial score (nSPS) is 10.2. The molecular weight excluding hydrogens is 759 g/mol. The van der Waals surface area contributed by atoms with Crippen molar-refractivity contribution in [2.75, 3.05) is 0 Å². The van der Waals surface area contributed by atoms with Gasteiger partial charge in [-0.25, -0.2) is 0 Å². The van der Waals surface area contributed by atoms with E-state index < -0.39 is 7.12 Å². The van der Waals surface area contributed by atoms with Gasteiger partial charge in [0.2, 0.25) is 0 Å². The molecule has 0 aliphatic heterocycles. The highest BCUT2D eigenvalue weighted by Crippen LogP contribution is 2.25. The SMILES string of the molecule is Brc1ccc(-c2ccccn2)cc1.O=C(c1ccccc1)c1ccc(-c2ccc(-c3ccccn3)cc2)cc1.O=C(c1ccccc1)c1ccc(B(O)O)cc1. The van der Waals surface area contributed by atoms with Gasteiger partial charge in [-0.1, -0.05) is 174 Å². The molecule has 8 aromatic rings. The first-order chi connectivity index (χ1) is 27.4. The van der Waals surface area contributed by atoms with E-state index in [9.17, 15) is 9.59 Å². The first-order valence-corrected chi connectivity index (χ1v) is 18.6. The average Bonchev–Trinajstić information content (AvgIpc) is 3.28. The van der Waals surface area contributed by atoms with E-state index in [1.165, 1.54) is 12.1 Å². The number of ketones is 2. The Bertz CT molecular complexity index is 2430. The predicted molar refractivity (Wildman–Crippen MR) is 228 cm³/mol. The zero-order chi connectivity index (χ0) is 39.1. The summed E-state index contributed by atoms with van der Waals surface area (Å²) in [5.41, 5.74) is 9.32. The fourth-order valence-corrected chi connectivity index (χ4v) is 5.92. The lowest BCUT2D eigenvalue weighted by Gasteiger charge is -2.06. The molecule has 8 rings (SSSR count). The molecule has 6 aromatic carbocycles. The van der Waals surface area contributed by atoms with Crippen molar-refractivity contribution in [1.29, 1.82) is 0 Å². The van der Waals surface area contributed by atoms with Crippen molar-refractivity contribution in [2.45, 2.75) is 0 Å². The maximum atomic E-state index is 12.5. The van der Waals surface area contributed by atoms with Gasteiger partial charge in [0.25, 0.3) is 0 Å². The molecule has 0 spiro atoms. The van der Waals surface area contributed by atoms with Crippen molar-refractivity contribution < 1.29 is 19.6 Å². The van der Waals surface area contributed by atoms with Gasteiger partial charge in [-0.3, -0.25) is 19.6 Å². The quantitative estimate of drug-likeness (QED) is 0.117. The fraction of sp³-hybridized carbons (Fsp3) is 0. The minimum absolute atomic E-state index is 0.0441. The Morgan fingerprint density at radius 1 is 0.393 bits per heavy atom. The molecule has 0 atom stereocenters. The van der Waals surface area contributed by atoms with Gasteiger partial charge < -0.3 is 10.0 Å². The number of aromatic nitrogens is 2. The van der Waals surface area contributed by atoms with Crippen LogP contribution < -0.4 is 5.46 Å². The molecule has 8 heteroatoms. The van der Waals surface area contributed by atoms with Crippen LogP contribution in [-0.2, 0) is 0 Å². The Balaban J connectivity index is 0.000000153. The molecule has 0 fully saturated rings. The van der Waals surface area contributed by atoms with Crippen LogP contribution >= 0.6 is 15.9 Å². The lowest BCUT2D eigenvalue weighted by atomic mass is 9.80. The third-order valence-electron chi connectivity index (χ3n) is 8.67. The number of pyridine rings is 2. The van der Waals surface area contributed by atoms with E-state index >= 15 is 0 Å².